The molecule has 1 heterocycles. The maximum absolute atomic E-state index is 11.4. The molecule has 0 aromatic carbocycles. The van der Waals surface area contributed by atoms with Crippen LogP contribution in [0, 0.1) is 10.1 Å². The van der Waals surface area contributed by atoms with E-state index in [9.17, 15) is 14.9 Å². The Bertz CT molecular complexity index is 463. The molecule has 0 fully saturated rings. The van der Waals surface area contributed by atoms with Gasteiger partial charge in [0.15, 0.2) is 0 Å². The number of hydrogen-bond acceptors (Lipinski definition) is 6. The zero-order valence-electron chi connectivity index (χ0n) is 10.2. The highest BCUT2D eigenvalue weighted by Gasteiger charge is 2.15. The van der Waals surface area contributed by atoms with Crippen molar-refractivity contribution in [3.8, 4) is 0 Å². The summed E-state index contributed by atoms with van der Waals surface area (Å²) >= 11 is 0. The number of carbonyl (C=O) groups is 1. The highest BCUT2D eigenvalue weighted by atomic mass is 16.6. The fourth-order valence-electron chi connectivity index (χ4n) is 1.37. The minimum Gasteiger partial charge on any atom is -0.378 e. The van der Waals surface area contributed by atoms with Crippen LogP contribution in [0.3, 0.4) is 0 Å². The van der Waals surface area contributed by atoms with Crippen LogP contribution in [-0.2, 0) is 4.79 Å². The molecule has 1 aromatic heterocycles. The Kier molecular flexibility index (Phi) is 4.41. The number of likely N-dealkylation sites (N-methyl/N-ethyl adjacent to an activating group) is 2. The Labute approximate surface area is 104 Å². The number of pyridine rings is 1. The van der Waals surface area contributed by atoms with Crippen LogP contribution in [0.4, 0.5) is 17.3 Å². The Morgan fingerprint density at radius 1 is 1.61 bits per heavy atom. The SMILES string of the molecule is CCNC(=O)CN(C)c1ccc([N+](=O)[O-])c(N)n1. The largest absolute Gasteiger partial charge is 0.378 e. The zero-order valence-corrected chi connectivity index (χ0v) is 10.2. The normalized spacial score (nSPS) is 9.89. The van der Waals surface area contributed by atoms with E-state index in [1.165, 1.54) is 12.1 Å². The van der Waals surface area contributed by atoms with E-state index in [1.54, 1.807) is 11.9 Å². The first-order valence-corrected chi connectivity index (χ1v) is 5.34. The van der Waals surface area contributed by atoms with E-state index in [4.69, 9.17) is 5.73 Å². The van der Waals surface area contributed by atoms with Crippen LogP contribution in [0.1, 0.15) is 6.92 Å². The summed E-state index contributed by atoms with van der Waals surface area (Å²) in [5.41, 5.74) is 5.22. The summed E-state index contributed by atoms with van der Waals surface area (Å²) in [4.78, 5) is 26.8. The predicted octanol–water partition coefficient (Wildman–Crippen LogP) is 0.144. The Hall–Kier alpha value is -2.38. The Balaban J connectivity index is 2.81. The van der Waals surface area contributed by atoms with Gasteiger partial charge in [-0.15, -0.1) is 0 Å². The van der Waals surface area contributed by atoms with Gasteiger partial charge in [-0.3, -0.25) is 14.9 Å². The van der Waals surface area contributed by atoms with Crippen LogP contribution < -0.4 is 16.0 Å². The van der Waals surface area contributed by atoms with Gasteiger partial charge in [-0.1, -0.05) is 0 Å². The van der Waals surface area contributed by atoms with Crippen molar-refractivity contribution in [1.82, 2.24) is 10.3 Å². The van der Waals surface area contributed by atoms with Crippen molar-refractivity contribution in [1.29, 1.82) is 0 Å². The monoisotopic (exact) mass is 253 g/mol. The summed E-state index contributed by atoms with van der Waals surface area (Å²) in [6.07, 6.45) is 0. The first-order chi connectivity index (χ1) is 8.45. The fourth-order valence-corrected chi connectivity index (χ4v) is 1.37. The lowest BCUT2D eigenvalue weighted by Gasteiger charge is -2.17. The number of anilines is 2. The van der Waals surface area contributed by atoms with Gasteiger partial charge >= 0.3 is 5.69 Å². The molecule has 98 valence electrons. The highest BCUT2D eigenvalue weighted by Crippen LogP contribution is 2.22. The van der Waals surface area contributed by atoms with Gasteiger partial charge in [0.1, 0.15) is 5.82 Å². The molecule has 0 unspecified atom stereocenters. The quantitative estimate of drug-likeness (QED) is 0.570. The molecule has 0 aliphatic rings. The highest BCUT2D eigenvalue weighted by molar-refractivity contribution is 5.81. The number of nitrogens with two attached hydrogens (primary N) is 1. The van der Waals surface area contributed by atoms with E-state index in [-0.39, 0.29) is 24.0 Å². The van der Waals surface area contributed by atoms with E-state index in [0.717, 1.165) is 0 Å². The van der Waals surface area contributed by atoms with Crippen LogP contribution in [0.2, 0.25) is 0 Å². The zero-order chi connectivity index (χ0) is 13.7. The smallest absolute Gasteiger partial charge is 0.311 e. The molecule has 0 spiro atoms. The molecule has 8 heteroatoms. The van der Waals surface area contributed by atoms with Crippen LogP contribution in [0.25, 0.3) is 0 Å². The number of aromatic nitrogens is 1. The molecule has 0 bridgehead atoms. The van der Waals surface area contributed by atoms with Crippen LogP contribution in [0.5, 0.6) is 0 Å². The van der Waals surface area contributed by atoms with Crippen molar-refractivity contribution in [3.63, 3.8) is 0 Å². The van der Waals surface area contributed by atoms with Crippen LogP contribution >= 0.6 is 0 Å². The number of nitro groups is 1. The minimum absolute atomic E-state index is 0.109. The summed E-state index contributed by atoms with van der Waals surface area (Å²) in [7, 11) is 1.66. The fraction of sp³-hybridized carbons (Fsp3) is 0.400. The molecule has 0 radical (unpaired) electrons. The van der Waals surface area contributed by atoms with Crippen LogP contribution in [-0.4, -0.2) is 36.0 Å². The molecule has 0 atom stereocenters. The molecule has 1 amide bonds. The number of nitrogens with zero attached hydrogens (tertiary/aromatic N) is 3. The van der Waals surface area contributed by atoms with Crippen molar-refractivity contribution < 1.29 is 9.72 Å². The molecule has 1 aromatic rings. The van der Waals surface area contributed by atoms with Gasteiger partial charge in [0, 0.05) is 19.7 Å². The van der Waals surface area contributed by atoms with E-state index in [0.29, 0.717) is 12.4 Å². The lowest BCUT2D eigenvalue weighted by molar-refractivity contribution is -0.384. The van der Waals surface area contributed by atoms with Gasteiger partial charge in [-0.05, 0) is 13.0 Å². The molecule has 0 aliphatic carbocycles. The summed E-state index contributed by atoms with van der Waals surface area (Å²) in [5, 5.41) is 13.2. The first-order valence-electron chi connectivity index (χ1n) is 5.34. The number of hydrogen-bond donors (Lipinski definition) is 2. The summed E-state index contributed by atoms with van der Waals surface area (Å²) < 4.78 is 0. The number of rotatable bonds is 5. The van der Waals surface area contributed by atoms with Gasteiger partial charge in [-0.2, -0.15) is 0 Å². The lowest BCUT2D eigenvalue weighted by atomic mass is 10.3. The van der Waals surface area contributed by atoms with Crippen molar-refractivity contribution in [2.75, 3.05) is 30.8 Å². The minimum atomic E-state index is -0.601. The second-order valence-corrected chi connectivity index (χ2v) is 3.64. The molecule has 1 rings (SSSR count). The number of nitrogens with one attached hydrogen (secondary N) is 1. The molecule has 0 saturated carbocycles. The second-order valence-electron chi connectivity index (χ2n) is 3.64. The van der Waals surface area contributed by atoms with E-state index in [1.807, 2.05) is 6.92 Å². The molecule has 3 N–H and O–H groups in total. The molecule has 8 nitrogen and oxygen atoms in total. The summed E-state index contributed by atoms with van der Waals surface area (Å²) in [5.74, 6) is 0.0864. The van der Waals surface area contributed by atoms with Crippen molar-refractivity contribution in [3.05, 3.63) is 22.2 Å². The number of carbonyl (C=O) groups excluding carboxylic acids is 1. The lowest BCUT2D eigenvalue weighted by Crippen LogP contribution is -2.35. The molecule has 18 heavy (non-hydrogen) atoms. The summed E-state index contributed by atoms with van der Waals surface area (Å²) in [6, 6.07) is 2.72. The van der Waals surface area contributed by atoms with E-state index < -0.39 is 4.92 Å². The standard InChI is InChI=1S/C10H15N5O3/c1-3-12-9(16)6-14(2)8-5-4-7(15(17)18)10(11)13-8/h4-5H,3,6H2,1-2H3,(H2,11,13)(H,12,16). The number of nitrogen functional groups attached to an aromatic ring is 1. The van der Waals surface area contributed by atoms with Crippen molar-refractivity contribution >= 4 is 23.2 Å². The molecular formula is C10H15N5O3. The van der Waals surface area contributed by atoms with Crippen molar-refractivity contribution in [2.45, 2.75) is 6.92 Å². The van der Waals surface area contributed by atoms with Crippen molar-refractivity contribution in [2.24, 2.45) is 0 Å². The molecular weight excluding hydrogens is 238 g/mol. The first kappa shape index (κ1) is 13.7. The van der Waals surface area contributed by atoms with Gasteiger partial charge in [0.25, 0.3) is 0 Å². The second kappa shape index (κ2) is 5.80. The van der Waals surface area contributed by atoms with E-state index in [2.05, 4.69) is 10.3 Å². The van der Waals surface area contributed by atoms with Gasteiger partial charge in [-0.25, -0.2) is 4.98 Å². The third kappa shape index (κ3) is 3.30. The predicted molar refractivity (Wildman–Crippen MR) is 67.3 cm³/mol. The maximum atomic E-state index is 11.4. The van der Waals surface area contributed by atoms with E-state index >= 15 is 0 Å². The van der Waals surface area contributed by atoms with Crippen LogP contribution in [0.15, 0.2) is 12.1 Å². The third-order valence-electron chi connectivity index (χ3n) is 2.23. The average Bonchev–Trinajstić information content (AvgIpc) is 2.28. The molecule has 0 saturated heterocycles. The number of amides is 1. The Morgan fingerprint density at radius 2 is 2.28 bits per heavy atom. The topological polar surface area (TPSA) is 114 Å². The third-order valence-corrected chi connectivity index (χ3v) is 2.23. The average molecular weight is 253 g/mol. The molecule has 0 aliphatic heterocycles. The maximum Gasteiger partial charge on any atom is 0.311 e. The summed E-state index contributed by atoms with van der Waals surface area (Å²) in [6.45, 7) is 2.47. The van der Waals surface area contributed by atoms with Gasteiger partial charge < -0.3 is 16.0 Å². The van der Waals surface area contributed by atoms with Gasteiger partial charge in [0.05, 0.1) is 11.5 Å². The Morgan fingerprint density at radius 3 is 2.78 bits per heavy atom. The van der Waals surface area contributed by atoms with Gasteiger partial charge in [0.2, 0.25) is 11.7 Å².